The van der Waals surface area contributed by atoms with Crippen molar-refractivity contribution in [3.05, 3.63) is 90.0 Å². The van der Waals surface area contributed by atoms with Crippen molar-refractivity contribution in [1.82, 2.24) is 5.32 Å². The van der Waals surface area contributed by atoms with Crippen molar-refractivity contribution in [1.29, 1.82) is 0 Å². The molecule has 0 aliphatic carbocycles. The summed E-state index contributed by atoms with van der Waals surface area (Å²) in [7, 11) is 0. The average Bonchev–Trinajstić information content (AvgIpc) is 2.85. The second-order valence-electron chi connectivity index (χ2n) is 8.09. The van der Waals surface area contributed by atoms with E-state index >= 15 is 0 Å². The molecule has 0 aromatic heterocycles. The first kappa shape index (κ1) is 22.4. The number of hydrogen-bond donors (Lipinski definition) is 2. The SMILES string of the molecule is O=CC(COCc1ccccc1)c1ccc(-c2ccc(NC3CCC(=O)NC3=O)cc2)cc1. The average molecular weight is 443 g/mol. The molecule has 1 fully saturated rings. The predicted molar refractivity (Wildman–Crippen MR) is 127 cm³/mol. The van der Waals surface area contributed by atoms with Gasteiger partial charge in [-0.25, -0.2) is 0 Å². The molecular formula is C27H26N2O4. The Bertz CT molecular complexity index is 1100. The summed E-state index contributed by atoms with van der Waals surface area (Å²) in [6, 6.07) is 25.1. The van der Waals surface area contributed by atoms with E-state index in [1.165, 1.54) is 0 Å². The highest BCUT2D eigenvalue weighted by molar-refractivity contribution is 6.01. The van der Waals surface area contributed by atoms with Gasteiger partial charge in [-0.1, -0.05) is 66.7 Å². The molecule has 3 aromatic rings. The van der Waals surface area contributed by atoms with Gasteiger partial charge < -0.3 is 14.8 Å². The molecule has 2 atom stereocenters. The maximum Gasteiger partial charge on any atom is 0.249 e. The van der Waals surface area contributed by atoms with E-state index in [9.17, 15) is 14.4 Å². The van der Waals surface area contributed by atoms with Crippen LogP contribution in [0.15, 0.2) is 78.9 Å². The first-order chi connectivity index (χ1) is 16.1. The van der Waals surface area contributed by atoms with E-state index in [4.69, 9.17) is 4.74 Å². The minimum absolute atomic E-state index is 0.226. The van der Waals surface area contributed by atoms with Crippen LogP contribution in [-0.4, -0.2) is 30.7 Å². The molecule has 6 heteroatoms. The standard InChI is InChI=1S/C27H26N2O4/c30-16-23(18-33-17-19-4-2-1-3-5-19)22-8-6-20(7-9-22)21-10-12-24(13-11-21)28-25-14-15-26(31)29-27(25)32/h1-13,16,23,25,28H,14-15,17-18H2,(H,29,31,32). The molecule has 2 unspecified atom stereocenters. The number of nitrogens with one attached hydrogen (secondary N) is 2. The number of anilines is 1. The van der Waals surface area contributed by atoms with Gasteiger partial charge in [-0.2, -0.15) is 0 Å². The summed E-state index contributed by atoms with van der Waals surface area (Å²) in [4.78, 5) is 34.8. The molecule has 1 heterocycles. The van der Waals surface area contributed by atoms with Crippen LogP contribution in [0, 0.1) is 0 Å². The van der Waals surface area contributed by atoms with Crippen LogP contribution in [0.4, 0.5) is 5.69 Å². The fraction of sp³-hybridized carbons (Fsp3) is 0.222. The number of imide groups is 1. The number of piperidine rings is 1. The van der Waals surface area contributed by atoms with Crippen molar-refractivity contribution in [3.63, 3.8) is 0 Å². The monoisotopic (exact) mass is 442 g/mol. The number of ether oxygens (including phenoxy) is 1. The quantitative estimate of drug-likeness (QED) is 0.386. The predicted octanol–water partition coefficient (Wildman–Crippen LogP) is 4.07. The molecule has 33 heavy (non-hydrogen) atoms. The van der Waals surface area contributed by atoms with Crippen molar-refractivity contribution in [2.24, 2.45) is 0 Å². The molecule has 6 nitrogen and oxygen atoms in total. The lowest BCUT2D eigenvalue weighted by molar-refractivity contribution is -0.133. The second-order valence-corrected chi connectivity index (χ2v) is 8.09. The van der Waals surface area contributed by atoms with Crippen LogP contribution in [0.25, 0.3) is 11.1 Å². The number of rotatable bonds is 9. The molecule has 0 bridgehead atoms. The fourth-order valence-corrected chi connectivity index (χ4v) is 3.81. The highest BCUT2D eigenvalue weighted by Gasteiger charge is 2.26. The van der Waals surface area contributed by atoms with Gasteiger partial charge in [0.2, 0.25) is 11.8 Å². The first-order valence-corrected chi connectivity index (χ1v) is 11.0. The summed E-state index contributed by atoms with van der Waals surface area (Å²) < 4.78 is 5.75. The molecule has 2 N–H and O–H groups in total. The Morgan fingerprint density at radius 2 is 1.61 bits per heavy atom. The zero-order valence-electron chi connectivity index (χ0n) is 18.2. The normalized spacial score (nSPS) is 16.7. The van der Waals surface area contributed by atoms with Crippen LogP contribution < -0.4 is 10.6 Å². The van der Waals surface area contributed by atoms with Crippen LogP contribution in [0.3, 0.4) is 0 Å². The van der Waals surface area contributed by atoms with Gasteiger partial charge in [0.1, 0.15) is 12.3 Å². The van der Waals surface area contributed by atoms with Gasteiger partial charge in [0.15, 0.2) is 0 Å². The fourth-order valence-electron chi connectivity index (χ4n) is 3.81. The Morgan fingerprint density at radius 1 is 0.939 bits per heavy atom. The van der Waals surface area contributed by atoms with E-state index in [1.54, 1.807) is 0 Å². The van der Waals surface area contributed by atoms with Crippen LogP contribution >= 0.6 is 0 Å². The smallest absolute Gasteiger partial charge is 0.249 e. The Morgan fingerprint density at radius 3 is 2.24 bits per heavy atom. The van der Waals surface area contributed by atoms with E-state index in [2.05, 4.69) is 10.6 Å². The van der Waals surface area contributed by atoms with Crippen LogP contribution in [-0.2, 0) is 25.7 Å². The Hall–Kier alpha value is -3.77. The first-order valence-electron chi connectivity index (χ1n) is 11.0. The minimum Gasteiger partial charge on any atom is -0.376 e. The van der Waals surface area contributed by atoms with Gasteiger partial charge in [0.25, 0.3) is 0 Å². The summed E-state index contributed by atoms with van der Waals surface area (Å²) in [6.45, 7) is 0.806. The molecule has 1 saturated heterocycles. The molecule has 2 amide bonds. The molecule has 0 spiro atoms. The third-order valence-corrected chi connectivity index (χ3v) is 5.71. The zero-order chi connectivity index (χ0) is 23.0. The largest absolute Gasteiger partial charge is 0.376 e. The number of aldehydes is 1. The number of amides is 2. The van der Waals surface area contributed by atoms with Crippen molar-refractivity contribution in [2.45, 2.75) is 31.4 Å². The highest BCUT2D eigenvalue weighted by atomic mass is 16.5. The summed E-state index contributed by atoms with van der Waals surface area (Å²) in [5.41, 5.74) is 4.87. The lowest BCUT2D eigenvalue weighted by atomic mass is 9.97. The Labute approximate surface area is 193 Å². The number of carbonyl (C=O) groups is 3. The summed E-state index contributed by atoms with van der Waals surface area (Å²) in [5, 5.41) is 5.53. The van der Waals surface area contributed by atoms with Crippen molar-refractivity contribution < 1.29 is 19.1 Å². The van der Waals surface area contributed by atoms with Crippen molar-refractivity contribution >= 4 is 23.8 Å². The van der Waals surface area contributed by atoms with Gasteiger partial charge in [-0.15, -0.1) is 0 Å². The Balaban J connectivity index is 1.34. The Kier molecular flexibility index (Phi) is 7.27. The van der Waals surface area contributed by atoms with Crippen LogP contribution in [0.1, 0.15) is 29.9 Å². The van der Waals surface area contributed by atoms with Crippen LogP contribution in [0.5, 0.6) is 0 Å². The zero-order valence-corrected chi connectivity index (χ0v) is 18.2. The molecule has 3 aromatic carbocycles. The van der Waals surface area contributed by atoms with Crippen LogP contribution in [0.2, 0.25) is 0 Å². The molecule has 0 saturated carbocycles. The third-order valence-electron chi connectivity index (χ3n) is 5.71. The van der Waals surface area contributed by atoms with Gasteiger partial charge in [-0.05, 0) is 40.8 Å². The topological polar surface area (TPSA) is 84.5 Å². The maximum absolute atomic E-state index is 11.9. The molecule has 0 radical (unpaired) electrons. The van der Waals surface area contributed by atoms with E-state index in [0.29, 0.717) is 26.1 Å². The third kappa shape index (κ3) is 5.93. The number of hydrogen-bond acceptors (Lipinski definition) is 5. The van der Waals surface area contributed by atoms with E-state index in [1.807, 2.05) is 78.9 Å². The summed E-state index contributed by atoms with van der Waals surface area (Å²) in [6.07, 6.45) is 1.75. The number of benzene rings is 3. The number of carbonyl (C=O) groups excluding carboxylic acids is 3. The second kappa shape index (κ2) is 10.7. The van der Waals surface area contributed by atoms with E-state index in [0.717, 1.165) is 34.2 Å². The van der Waals surface area contributed by atoms with E-state index < -0.39 is 6.04 Å². The molecule has 168 valence electrons. The summed E-state index contributed by atoms with van der Waals surface area (Å²) >= 11 is 0. The van der Waals surface area contributed by atoms with Gasteiger partial charge >= 0.3 is 0 Å². The summed E-state index contributed by atoms with van der Waals surface area (Å²) in [5.74, 6) is -0.831. The maximum atomic E-state index is 11.9. The van der Waals surface area contributed by atoms with E-state index in [-0.39, 0.29) is 17.7 Å². The van der Waals surface area contributed by atoms with Gasteiger partial charge in [0, 0.05) is 12.1 Å². The van der Waals surface area contributed by atoms with Gasteiger partial charge in [0.05, 0.1) is 19.1 Å². The molecule has 4 rings (SSSR count). The minimum atomic E-state index is -0.405. The van der Waals surface area contributed by atoms with Crippen molar-refractivity contribution in [2.75, 3.05) is 11.9 Å². The van der Waals surface area contributed by atoms with Crippen molar-refractivity contribution in [3.8, 4) is 11.1 Å². The van der Waals surface area contributed by atoms with Gasteiger partial charge in [-0.3, -0.25) is 14.9 Å². The molecule has 1 aliphatic heterocycles. The lowest BCUT2D eigenvalue weighted by Crippen LogP contribution is -2.47. The lowest BCUT2D eigenvalue weighted by Gasteiger charge is -2.22. The highest BCUT2D eigenvalue weighted by Crippen LogP contribution is 2.25. The molecular weight excluding hydrogens is 416 g/mol. The molecule has 1 aliphatic rings.